The maximum Gasteiger partial charge on any atom is 0.311 e. The summed E-state index contributed by atoms with van der Waals surface area (Å²) in [5, 5.41) is 13.0. The number of anilines is 1. The van der Waals surface area contributed by atoms with E-state index in [0.717, 1.165) is 0 Å². The number of carbonyl (C=O) groups is 3. The minimum atomic E-state index is -1.01. The van der Waals surface area contributed by atoms with Gasteiger partial charge in [0, 0.05) is 48.2 Å². The van der Waals surface area contributed by atoms with Crippen molar-refractivity contribution in [2.75, 3.05) is 25.6 Å². The van der Waals surface area contributed by atoms with E-state index in [1.54, 1.807) is 50.2 Å². The van der Waals surface area contributed by atoms with Crippen LogP contribution in [0.5, 0.6) is 0 Å². The van der Waals surface area contributed by atoms with Gasteiger partial charge in [-0.15, -0.1) is 0 Å². The van der Waals surface area contributed by atoms with E-state index in [9.17, 15) is 24.0 Å². The number of halogens is 1. The summed E-state index contributed by atoms with van der Waals surface area (Å²) in [6.45, 7) is 5.48. The summed E-state index contributed by atoms with van der Waals surface area (Å²) in [5.74, 6) is -1.29. The van der Waals surface area contributed by atoms with Crippen LogP contribution in [0, 0.1) is 22.7 Å². The molecule has 0 saturated carbocycles. The van der Waals surface area contributed by atoms with Crippen LogP contribution in [0.15, 0.2) is 65.1 Å². The van der Waals surface area contributed by atoms with Crippen molar-refractivity contribution in [3.63, 3.8) is 0 Å². The number of fused-ring (bicyclic) bond motifs is 1. The predicted octanol–water partition coefficient (Wildman–Crippen LogP) is 6.34. The number of rotatable bonds is 9. The molecular weight excluding hydrogens is 525 g/mol. The fraction of sp³-hybridized carbons (Fsp3) is 0.250. The summed E-state index contributed by atoms with van der Waals surface area (Å²) in [5.41, 5.74) is 2.25. The molecular formula is C32H30FN3O5. The van der Waals surface area contributed by atoms with Gasteiger partial charge in [0.15, 0.2) is 12.0 Å². The van der Waals surface area contributed by atoms with Crippen LogP contribution in [0.1, 0.15) is 47.9 Å². The fourth-order valence-corrected chi connectivity index (χ4v) is 4.75. The maximum atomic E-state index is 13.6. The molecule has 41 heavy (non-hydrogen) atoms. The molecule has 0 saturated heterocycles. The van der Waals surface area contributed by atoms with Gasteiger partial charge < -0.3 is 14.5 Å². The molecule has 0 aliphatic carbocycles. The summed E-state index contributed by atoms with van der Waals surface area (Å²) in [4.78, 5) is 39.9. The number of nitriles is 1. The van der Waals surface area contributed by atoms with E-state index in [4.69, 9.17) is 9.15 Å². The molecule has 4 rings (SSSR count). The molecule has 1 N–H and O–H groups in total. The Hall–Kier alpha value is -4.97. The van der Waals surface area contributed by atoms with Crippen LogP contribution in [-0.2, 0) is 9.53 Å². The first-order chi connectivity index (χ1) is 19.5. The molecule has 1 aromatic heterocycles. The Morgan fingerprint density at radius 1 is 1.07 bits per heavy atom. The SMILES string of the molecule is CCN(C#N)c1cc2oc(-c3ccc(F)cc3)c(C(=O)NC)c2cc1-c1cccc(C(=O)CC(C)(C)C(=O)OC)c1. The van der Waals surface area contributed by atoms with Crippen LogP contribution in [0.3, 0.4) is 0 Å². The highest BCUT2D eigenvalue weighted by atomic mass is 19.1. The van der Waals surface area contributed by atoms with E-state index >= 15 is 0 Å². The second-order valence-electron chi connectivity index (χ2n) is 10.2. The van der Waals surface area contributed by atoms with Gasteiger partial charge in [0.2, 0.25) is 0 Å². The van der Waals surface area contributed by atoms with Crippen LogP contribution < -0.4 is 10.2 Å². The Morgan fingerprint density at radius 2 is 1.78 bits per heavy atom. The Morgan fingerprint density at radius 3 is 2.39 bits per heavy atom. The molecule has 9 heteroatoms. The first kappa shape index (κ1) is 29.0. The number of benzene rings is 3. The zero-order valence-corrected chi connectivity index (χ0v) is 23.5. The van der Waals surface area contributed by atoms with Crippen molar-refractivity contribution in [3.05, 3.63) is 77.6 Å². The summed E-state index contributed by atoms with van der Waals surface area (Å²) >= 11 is 0. The number of nitrogens with one attached hydrogen (secondary N) is 1. The molecule has 0 aliphatic rings. The summed E-state index contributed by atoms with van der Waals surface area (Å²) in [7, 11) is 2.79. The lowest BCUT2D eigenvalue weighted by molar-refractivity contribution is -0.150. The molecule has 0 aliphatic heterocycles. The molecule has 0 bridgehead atoms. The number of hydrogen-bond donors (Lipinski definition) is 1. The topological polar surface area (TPSA) is 113 Å². The monoisotopic (exact) mass is 555 g/mol. The maximum absolute atomic E-state index is 13.6. The van der Waals surface area contributed by atoms with Crippen LogP contribution >= 0.6 is 0 Å². The lowest BCUT2D eigenvalue weighted by Gasteiger charge is -2.21. The molecule has 0 unspecified atom stereocenters. The number of carbonyl (C=O) groups excluding carboxylic acids is 3. The normalized spacial score (nSPS) is 11.1. The smallest absolute Gasteiger partial charge is 0.311 e. The zero-order chi connectivity index (χ0) is 29.9. The molecule has 1 heterocycles. The van der Waals surface area contributed by atoms with Crippen molar-refractivity contribution in [1.82, 2.24) is 5.32 Å². The summed E-state index contributed by atoms with van der Waals surface area (Å²) in [6.07, 6.45) is 2.12. The third-order valence-corrected chi connectivity index (χ3v) is 6.93. The average Bonchev–Trinajstić information content (AvgIpc) is 3.35. The number of ether oxygens (including phenoxy) is 1. The molecule has 3 aromatic carbocycles. The third kappa shape index (κ3) is 5.68. The number of nitrogens with zero attached hydrogens (tertiary/aromatic N) is 2. The zero-order valence-electron chi connectivity index (χ0n) is 23.5. The first-order valence-corrected chi connectivity index (χ1v) is 13.0. The van der Waals surface area contributed by atoms with E-state index in [0.29, 0.717) is 45.5 Å². The highest BCUT2D eigenvalue weighted by molar-refractivity contribution is 6.13. The molecule has 4 aromatic rings. The number of furan rings is 1. The molecule has 1 amide bonds. The van der Waals surface area contributed by atoms with Gasteiger partial charge in [0.25, 0.3) is 5.91 Å². The lowest BCUT2D eigenvalue weighted by Crippen LogP contribution is -2.28. The average molecular weight is 556 g/mol. The summed E-state index contributed by atoms with van der Waals surface area (Å²) < 4.78 is 24.6. The van der Waals surface area contributed by atoms with Crippen molar-refractivity contribution in [2.24, 2.45) is 5.41 Å². The van der Waals surface area contributed by atoms with Gasteiger partial charge in [-0.3, -0.25) is 19.3 Å². The van der Waals surface area contributed by atoms with Gasteiger partial charge in [-0.2, -0.15) is 5.26 Å². The first-order valence-electron chi connectivity index (χ1n) is 13.0. The van der Waals surface area contributed by atoms with Gasteiger partial charge in [-0.1, -0.05) is 18.2 Å². The number of Topliss-reactive ketones (excluding diaryl/α,β-unsaturated/α-hetero) is 1. The second kappa shape index (κ2) is 11.6. The number of hydrogen-bond acceptors (Lipinski definition) is 7. The van der Waals surface area contributed by atoms with Gasteiger partial charge in [0.05, 0.1) is 23.8 Å². The second-order valence-corrected chi connectivity index (χ2v) is 10.2. The van der Waals surface area contributed by atoms with Crippen LogP contribution in [0.4, 0.5) is 10.1 Å². The highest BCUT2D eigenvalue weighted by Crippen LogP contribution is 2.41. The number of ketones is 1. The standard InChI is InChI=1S/C32H30FN3O5/c1-6-36(18-34)25-16-27-24(28(30(38)35-4)29(41-27)19-10-12-22(33)13-11-19)15-23(25)20-8-7-9-21(14-20)26(37)17-32(2,3)31(39)40-5/h7-16H,6,17H2,1-5H3,(H,35,38). The third-order valence-electron chi connectivity index (χ3n) is 6.93. The van der Waals surface area contributed by atoms with Gasteiger partial charge >= 0.3 is 5.97 Å². The summed E-state index contributed by atoms with van der Waals surface area (Å²) in [6, 6.07) is 16.0. The minimum Gasteiger partial charge on any atom is -0.469 e. The lowest BCUT2D eigenvalue weighted by atomic mass is 9.85. The highest BCUT2D eigenvalue weighted by Gasteiger charge is 2.32. The van der Waals surface area contributed by atoms with Crippen LogP contribution in [0.25, 0.3) is 33.4 Å². The molecule has 210 valence electrons. The number of amides is 1. The Kier molecular flexibility index (Phi) is 8.24. The molecule has 0 atom stereocenters. The number of esters is 1. The largest absolute Gasteiger partial charge is 0.469 e. The van der Waals surface area contributed by atoms with Crippen LogP contribution in [-0.4, -0.2) is 38.4 Å². The van der Waals surface area contributed by atoms with E-state index < -0.39 is 23.1 Å². The Balaban J connectivity index is 1.93. The minimum absolute atomic E-state index is 0.0577. The van der Waals surface area contributed by atoms with Crippen molar-refractivity contribution >= 4 is 34.3 Å². The molecule has 0 spiro atoms. The van der Waals surface area contributed by atoms with E-state index in [1.165, 1.54) is 43.3 Å². The van der Waals surface area contributed by atoms with E-state index in [1.807, 2.05) is 6.92 Å². The van der Waals surface area contributed by atoms with Crippen molar-refractivity contribution in [3.8, 4) is 28.6 Å². The van der Waals surface area contributed by atoms with Gasteiger partial charge in [-0.25, -0.2) is 4.39 Å². The Bertz CT molecular complexity index is 1680. The van der Waals surface area contributed by atoms with Crippen molar-refractivity contribution in [2.45, 2.75) is 27.2 Å². The van der Waals surface area contributed by atoms with Crippen molar-refractivity contribution < 1.29 is 27.9 Å². The molecule has 0 fully saturated rings. The number of methoxy groups -OCH3 is 1. The fourth-order valence-electron chi connectivity index (χ4n) is 4.75. The van der Waals surface area contributed by atoms with Crippen LogP contribution in [0.2, 0.25) is 0 Å². The quantitative estimate of drug-likeness (QED) is 0.111. The van der Waals surface area contributed by atoms with E-state index in [2.05, 4.69) is 11.5 Å². The van der Waals surface area contributed by atoms with Gasteiger partial charge in [0.1, 0.15) is 17.2 Å². The van der Waals surface area contributed by atoms with E-state index in [-0.39, 0.29) is 23.5 Å². The van der Waals surface area contributed by atoms with Gasteiger partial charge in [-0.05, 0) is 62.7 Å². The molecule has 0 radical (unpaired) electrons. The predicted molar refractivity (Wildman–Crippen MR) is 154 cm³/mol. The molecule has 8 nitrogen and oxygen atoms in total. The Labute approximate surface area is 237 Å². The van der Waals surface area contributed by atoms with Crippen molar-refractivity contribution in [1.29, 1.82) is 5.26 Å².